The molecule has 1 N–H and O–H groups in total. The molecule has 154 valence electrons. The fourth-order valence-electron chi connectivity index (χ4n) is 3.82. The smallest absolute Gasteiger partial charge is 0.265 e. The molecule has 1 amide bonds. The SMILES string of the molecule is CNCCC1CCN(C(=O)c2sccc2S(=O)(=O)N2CCCCC2)CC1.Cl. The van der Waals surface area contributed by atoms with Crippen LogP contribution in [0.15, 0.2) is 16.3 Å². The van der Waals surface area contributed by atoms with Crippen molar-refractivity contribution in [3.63, 3.8) is 0 Å². The number of carbonyl (C=O) groups is 1. The average molecular weight is 436 g/mol. The van der Waals surface area contributed by atoms with E-state index in [2.05, 4.69) is 5.32 Å². The molecule has 0 unspecified atom stereocenters. The van der Waals surface area contributed by atoms with Crippen LogP contribution < -0.4 is 5.32 Å². The first-order valence-electron chi connectivity index (χ1n) is 9.55. The second-order valence-electron chi connectivity index (χ2n) is 7.21. The van der Waals surface area contributed by atoms with Crippen LogP contribution in [0.3, 0.4) is 0 Å². The largest absolute Gasteiger partial charge is 0.338 e. The van der Waals surface area contributed by atoms with Gasteiger partial charge in [-0.3, -0.25) is 4.79 Å². The maximum absolute atomic E-state index is 13.0. The van der Waals surface area contributed by atoms with Crippen molar-refractivity contribution in [3.05, 3.63) is 16.3 Å². The third kappa shape index (κ3) is 5.23. The van der Waals surface area contributed by atoms with Gasteiger partial charge in [-0.05, 0) is 63.1 Å². The third-order valence-corrected chi connectivity index (χ3v) is 8.43. The number of nitrogens with zero attached hydrogens (tertiary/aromatic N) is 2. The van der Waals surface area contributed by atoms with Crippen molar-refractivity contribution in [2.75, 3.05) is 39.8 Å². The Morgan fingerprint density at radius 1 is 1.19 bits per heavy atom. The minimum Gasteiger partial charge on any atom is -0.338 e. The van der Waals surface area contributed by atoms with Crippen LogP contribution in [0.2, 0.25) is 0 Å². The quantitative estimate of drug-likeness (QED) is 0.745. The van der Waals surface area contributed by atoms with E-state index in [1.165, 1.54) is 11.3 Å². The second kappa shape index (κ2) is 10.2. The highest BCUT2D eigenvalue weighted by molar-refractivity contribution is 7.89. The lowest BCUT2D eigenvalue weighted by atomic mass is 9.93. The fraction of sp³-hybridized carbons (Fsp3) is 0.722. The number of hydrogen-bond acceptors (Lipinski definition) is 5. The van der Waals surface area contributed by atoms with E-state index < -0.39 is 10.0 Å². The van der Waals surface area contributed by atoms with Gasteiger partial charge in [0, 0.05) is 26.2 Å². The highest BCUT2D eigenvalue weighted by Crippen LogP contribution is 2.30. The summed E-state index contributed by atoms with van der Waals surface area (Å²) in [6.45, 7) is 3.55. The molecule has 0 bridgehead atoms. The summed E-state index contributed by atoms with van der Waals surface area (Å²) in [6, 6.07) is 1.60. The Morgan fingerprint density at radius 2 is 1.85 bits per heavy atom. The van der Waals surface area contributed by atoms with E-state index in [1.54, 1.807) is 15.8 Å². The summed E-state index contributed by atoms with van der Waals surface area (Å²) in [5.41, 5.74) is 0. The lowest BCUT2D eigenvalue weighted by molar-refractivity contribution is 0.0688. The van der Waals surface area contributed by atoms with Crippen LogP contribution in [0, 0.1) is 5.92 Å². The summed E-state index contributed by atoms with van der Waals surface area (Å²) in [6.07, 6.45) is 5.98. The standard InChI is InChI=1S/C18H29N3O3S2.ClH/c1-19-9-5-15-6-12-20(13-7-15)18(22)17-16(8-14-25-17)26(23,24)21-10-3-2-4-11-21;/h8,14-15,19H,2-7,9-13H2,1H3;1H. The van der Waals surface area contributed by atoms with Gasteiger partial charge < -0.3 is 10.2 Å². The van der Waals surface area contributed by atoms with Gasteiger partial charge in [0.25, 0.3) is 5.91 Å². The normalized spacial score (nSPS) is 19.7. The summed E-state index contributed by atoms with van der Waals surface area (Å²) >= 11 is 1.25. The zero-order chi connectivity index (χ0) is 18.6. The van der Waals surface area contributed by atoms with Crippen molar-refractivity contribution in [1.82, 2.24) is 14.5 Å². The molecule has 6 nitrogen and oxygen atoms in total. The molecule has 2 aliphatic heterocycles. The number of hydrogen-bond donors (Lipinski definition) is 1. The van der Waals surface area contributed by atoms with E-state index in [-0.39, 0.29) is 23.2 Å². The summed E-state index contributed by atoms with van der Waals surface area (Å²) in [5.74, 6) is 0.522. The molecule has 0 atom stereocenters. The van der Waals surface area contributed by atoms with Gasteiger partial charge >= 0.3 is 0 Å². The van der Waals surface area contributed by atoms with Gasteiger partial charge in [0.2, 0.25) is 10.0 Å². The van der Waals surface area contributed by atoms with Crippen LogP contribution in [0.25, 0.3) is 0 Å². The molecule has 27 heavy (non-hydrogen) atoms. The van der Waals surface area contributed by atoms with Gasteiger partial charge in [-0.15, -0.1) is 23.7 Å². The van der Waals surface area contributed by atoms with Crippen LogP contribution in [0.1, 0.15) is 48.2 Å². The van der Waals surface area contributed by atoms with E-state index in [1.807, 2.05) is 11.9 Å². The summed E-state index contributed by atoms with van der Waals surface area (Å²) in [5, 5.41) is 4.90. The van der Waals surface area contributed by atoms with Crippen molar-refractivity contribution in [2.45, 2.75) is 43.4 Å². The van der Waals surface area contributed by atoms with E-state index in [0.29, 0.717) is 37.0 Å². The van der Waals surface area contributed by atoms with Crippen molar-refractivity contribution in [1.29, 1.82) is 0 Å². The summed E-state index contributed by atoms with van der Waals surface area (Å²) < 4.78 is 27.5. The first-order valence-corrected chi connectivity index (χ1v) is 11.9. The Kier molecular flexibility index (Phi) is 8.55. The van der Waals surface area contributed by atoms with Gasteiger partial charge in [0.1, 0.15) is 9.77 Å². The molecule has 1 aromatic rings. The number of piperidine rings is 2. The Bertz CT molecular complexity index is 709. The van der Waals surface area contributed by atoms with E-state index in [4.69, 9.17) is 0 Å². The number of nitrogens with one attached hydrogen (secondary N) is 1. The molecule has 0 spiro atoms. The zero-order valence-corrected chi connectivity index (χ0v) is 18.3. The molecule has 0 aromatic carbocycles. The number of rotatable bonds is 6. The maximum Gasteiger partial charge on any atom is 0.265 e. The number of amides is 1. The lowest BCUT2D eigenvalue weighted by Crippen LogP contribution is -2.40. The minimum atomic E-state index is -3.57. The fourth-order valence-corrected chi connectivity index (χ4v) is 6.70. The van der Waals surface area contributed by atoms with Gasteiger partial charge in [0.05, 0.1) is 0 Å². The molecular formula is C18H30ClN3O3S2. The zero-order valence-electron chi connectivity index (χ0n) is 15.9. The molecule has 3 rings (SSSR count). The highest BCUT2D eigenvalue weighted by atomic mass is 35.5. The Labute approximate surface area is 172 Å². The minimum absolute atomic E-state index is 0. The number of carbonyl (C=O) groups excluding carboxylic acids is 1. The van der Waals surface area contributed by atoms with Crippen LogP contribution >= 0.6 is 23.7 Å². The predicted octanol–water partition coefficient (Wildman–Crippen LogP) is 2.81. The molecule has 0 radical (unpaired) electrons. The molecule has 1 aromatic heterocycles. The lowest BCUT2D eigenvalue weighted by Gasteiger charge is -2.32. The Balaban J connectivity index is 0.00000261. The Hall–Kier alpha value is -0.670. The number of thiophene rings is 1. The number of sulfonamides is 1. The van der Waals surface area contributed by atoms with Crippen molar-refractivity contribution in [2.24, 2.45) is 5.92 Å². The van der Waals surface area contributed by atoms with Crippen LogP contribution in [0.5, 0.6) is 0 Å². The number of likely N-dealkylation sites (tertiary alicyclic amines) is 1. The van der Waals surface area contributed by atoms with E-state index in [9.17, 15) is 13.2 Å². The Morgan fingerprint density at radius 3 is 2.48 bits per heavy atom. The first-order chi connectivity index (χ1) is 12.5. The van der Waals surface area contributed by atoms with Gasteiger partial charge in [-0.2, -0.15) is 4.31 Å². The van der Waals surface area contributed by atoms with Gasteiger partial charge in [-0.1, -0.05) is 6.42 Å². The first kappa shape index (κ1) is 22.6. The summed E-state index contributed by atoms with van der Waals surface area (Å²) in [7, 11) is -1.61. The van der Waals surface area contributed by atoms with E-state index in [0.717, 1.165) is 45.1 Å². The molecule has 9 heteroatoms. The second-order valence-corrected chi connectivity index (χ2v) is 10.0. The average Bonchev–Trinajstić information content (AvgIpc) is 3.17. The third-order valence-electron chi connectivity index (χ3n) is 5.46. The predicted molar refractivity (Wildman–Crippen MR) is 111 cm³/mol. The molecule has 0 saturated carbocycles. The molecule has 3 heterocycles. The molecule has 2 aliphatic rings. The van der Waals surface area contributed by atoms with Crippen LogP contribution in [-0.2, 0) is 10.0 Å². The van der Waals surface area contributed by atoms with Gasteiger partial charge in [0.15, 0.2) is 0 Å². The number of halogens is 1. The molecular weight excluding hydrogens is 406 g/mol. The van der Waals surface area contributed by atoms with Crippen LogP contribution in [0.4, 0.5) is 0 Å². The maximum atomic E-state index is 13.0. The molecule has 0 aliphatic carbocycles. The van der Waals surface area contributed by atoms with Gasteiger partial charge in [-0.25, -0.2) is 8.42 Å². The summed E-state index contributed by atoms with van der Waals surface area (Å²) in [4.78, 5) is 15.4. The topological polar surface area (TPSA) is 69.7 Å². The monoisotopic (exact) mass is 435 g/mol. The van der Waals surface area contributed by atoms with Crippen LogP contribution in [-0.4, -0.2) is 63.3 Å². The molecule has 2 saturated heterocycles. The van der Waals surface area contributed by atoms with Crippen molar-refractivity contribution >= 4 is 39.7 Å². The van der Waals surface area contributed by atoms with Crippen molar-refractivity contribution in [3.8, 4) is 0 Å². The molecule has 2 fully saturated rings. The highest BCUT2D eigenvalue weighted by Gasteiger charge is 2.33. The van der Waals surface area contributed by atoms with Crippen molar-refractivity contribution < 1.29 is 13.2 Å². The van der Waals surface area contributed by atoms with E-state index >= 15 is 0 Å².